The molecule has 0 saturated heterocycles. The number of nitrogens with zero attached hydrogens (tertiary/aromatic N) is 5. The Morgan fingerprint density at radius 1 is 0.600 bits per heavy atom. The van der Waals surface area contributed by atoms with Crippen LogP contribution in [-0.4, -0.2) is 23.3 Å². The molecule has 246 valence electrons. The van der Waals surface area contributed by atoms with E-state index >= 15 is 0 Å². The molecular weight excluding hydrogens is 798 g/mol. The molecule has 6 nitrogen and oxygen atoms in total. The number of benzene rings is 5. The first-order valence-corrected chi connectivity index (χ1v) is 18.0. The third kappa shape index (κ3) is 4.12. The Hall–Kier alpha value is -5.45. The van der Waals surface area contributed by atoms with E-state index in [4.69, 9.17) is 9.72 Å². The maximum atomic E-state index is 6.77. The van der Waals surface area contributed by atoms with Crippen LogP contribution in [0.3, 0.4) is 0 Å². The Balaban J connectivity index is 1.16. The molecule has 0 spiro atoms. The summed E-state index contributed by atoms with van der Waals surface area (Å²) in [7, 11) is 2.16. The molecule has 0 amide bonds. The predicted molar refractivity (Wildman–Crippen MR) is 199 cm³/mol. The van der Waals surface area contributed by atoms with Gasteiger partial charge < -0.3 is 0 Å². The SMILES string of the molecule is Cn1[c](=[Pt])n2c3c1c1ccccc1n3-c1ccccc1-c1ccc(Oc3ccc4c5ccccc5n(-c5cc(C(C)(C)C)ccn5)c4c3)cc1-2. The van der Waals surface area contributed by atoms with E-state index < -0.39 is 0 Å². The summed E-state index contributed by atoms with van der Waals surface area (Å²) < 4.78 is 17.3. The van der Waals surface area contributed by atoms with Crippen molar-refractivity contribution in [3.8, 4) is 39.8 Å². The Morgan fingerprint density at radius 2 is 1.26 bits per heavy atom. The van der Waals surface area contributed by atoms with E-state index in [1.165, 1.54) is 44.0 Å². The van der Waals surface area contributed by atoms with E-state index in [-0.39, 0.29) is 5.41 Å². The van der Waals surface area contributed by atoms with E-state index in [9.17, 15) is 0 Å². The second-order valence-corrected chi connectivity index (χ2v) is 15.2. The molecule has 1 aliphatic rings. The molecule has 0 N–H and O–H groups in total. The molecule has 0 fully saturated rings. The third-order valence-electron chi connectivity index (χ3n) is 10.2. The number of aryl methyl sites for hydroxylation is 1. The standard InChI is InChI=1S/C43H33N5O.Pt/c1-43(2,3)27-21-22-44-40(23-27)47-35-14-8-5-12-31(35)33-20-18-29(25-39(33)47)49-28-17-19-32-30-11-6-9-15-36(30)48-37-16-10-7-13-34(37)41-42(48)46(26-45(41)4)38(32)24-28;/h5-25H,1-4H3;. The molecule has 5 aromatic carbocycles. The van der Waals surface area contributed by atoms with Crippen LogP contribution in [0.15, 0.2) is 128 Å². The van der Waals surface area contributed by atoms with Crippen LogP contribution in [0.4, 0.5) is 0 Å². The van der Waals surface area contributed by atoms with Crippen LogP contribution in [0, 0.1) is 3.80 Å². The van der Waals surface area contributed by atoms with Gasteiger partial charge in [0.2, 0.25) is 0 Å². The van der Waals surface area contributed by atoms with Gasteiger partial charge in [0.15, 0.2) is 0 Å². The number of fused-ring (bicyclic) bond motifs is 11. The van der Waals surface area contributed by atoms with Crippen LogP contribution in [0.2, 0.25) is 0 Å². The van der Waals surface area contributed by atoms with Crippen LogP contribution in [-0.2, 0) is 31.8 Å². The molecule has 0 atom stereocenters. The van der Waals surface area contributed by atoms with Gasteiger partial charge in [-0.1, -0.05) is 32.9 Å². The number of hydrogen-bond donors (Lipinski definition) is 0. The number of imidazole rings is 1. The summed E-state index contributed by atoms with van der Waals surface area (Å²) in [5, 5.41) is 3.59. The first-order chi connectivity index (χ1) is 24.3. The molecule has 0 bridgehead atoms. The van der Waals surface area contributed by atoms with Crippen LogP contribution in [0.1, 0.15) is 26.3 Å². The van der Waals surface area contributed by atoms with Crippen molar-refractivity contribution in [3.63, 3.8) is 0 Å². The van der Waals surface area contributed by atoms with E-state index in [2.05, 4.69) is 187 Å². The zero-order valence-electron chi connectivity index (χ0n) is 28.1. The summed E-state index contributed by atoms with van der Waals surface area (Å²) in [5.74, 6) is 2.45. The fourth-order valence-corrected chi connectivity index (χ4v) is 8.57. The quantitative estimate of drug-likeness (QED) is 0.178. The fraction of sp³-hybridized carbons (Fsp3) is 0.116. The number of para-hydroxylation sites is 3. The molecule has 0 aliphatic carbocycles. The van der Waals surface area contributed by atoms with E-state index in [1.54, 1.807) is 0 Å². The van der Waals surface area contributed by atoms with Gasteiger partial charge in [-0.05, 0) is 17.0 Å². The first kappa shape index (κ1) is 29.5. The molecular formula is C43H33N5OPt. The van der Waals surface area contributed by atoms with Gasteiger partial charge in [0.1, 0.15) is 0 Å². The van der Waals surface area contributed by atoms with Crippen molar-refractivity contribution in [2.24, 2.45) is 7.05 Å². The second-order valence-electron chi connectivity index (χ2n) is 14.1. The van der Waals surface area contributed by atoms with Gasteiger partial charge in [0.25, 0.3) is 0 Å². The molecule has 1 aliphatic heterocycles. The van der Waals surface area contributed by atoms with Gasteiger partial charge >= 0.3 is 245 Å². The monoisotopic (exact) mass is 830 g/mol. The minimum atomic E-state index is 0.00508. The van der Waals surface area contributed by atoms with Crippen molar-refractivity contribution in [3.05, 3.63) is 137 Å². The second kappa shape index (κ2) is 10.5. The molecule has 7 heteroatoms. The van der Waals surface area contributed by atoms with Gasteiger partial charge in [0.05, 0.1) is 0 Å². The molecule has 4 aromatic heterocycles. The van der Waals surface area contributed by atoms with Crippen molar-refractivity contribution in [2.75, 3.05) is 0 Å². The van der Waals surface area contributed by atoms with Crippen molar-refractivity contribution in [1.29, 1.82) is 0 Å². The zero-order valence-corrected chi connectivity index (χ0v) is 30.4. The number of rotatable bonds is 3. The topological polar surface area (TPSA) is 41.8 Å². The van der Waals surface area contributed by atoms with Gasteiger partial charge in [-0.2, -0.15) is 0 Å². The summed E-state index contributed by atoms with van der Waals surface area (Å²) in [6.45, 7) is 6.72. The average Bonchev–Trinajstić information content (AvgIpc) is 3.69. The molecule has 9 aromatic rings. The predicted octanol–water partition coefficient (Wildman–Crippen LogP) is 10.6. The summed E-state index contributed by atoms with van der Waals surface area (Å²) in [6, 6.07) is 43.2. The molecule has 50 heavy (non-hydrogen) atoms. The zero-order chi connectivity index (χ0) is 33.9. The van der Waals surface area contributed by atoms with Gasteiger partial charge in [0, 0.05) is 6.20 Å². The number of aromatic nitrogens is 5. The van der Waals surface area contributed by atoms with Crippen molar-refractivity contribution >= 4 is 43.9 Å². The van der Waals surface area contributed by atoms with Crippen LogP contribution < -0.4 is 4.74 Å². The van der Waals surface area contributed by atoms with E-state index in [1.807, 2.05) is 6.20 Å². The molecule has 0 saturated carbocycles. The number of pyridine rings is 1. The van der Waals surface area contributed by atoms with Crippen LogP contribution in [0.5, 0.6) is 11.5 Å². The molecule has 0 radical (unpaired) electrons. The summed E-state index contributed by atoms with van der Waals surface area (Å²) in [4.78, 5) is 4.86. The summed E-state index contributed by atoms with van der Waals surface area (Å²) in [5.41, 5.74) is 11.6. The van der Waals surface area contributed by atoms with Crippen molar-refractivity contribution in [2.45, 2.75) is 26.2 Å². The Bertz CT molecular complexity index is 2930. The minimum absolute atomic E-state index is 0.00508. The Morgan fingerprint density at radius 3 is 2.08 bits per heavy atom. The first-order valence-electron chi connectivity index (χ1n) is 16.9. The maximum absolute atomic E-state index is 6.77. The number of ether oxygens (including phenoxy) is 1. The van der Waals surface area contributed by atoms with Gasteiger partial charge in [-0.25, -0.2) is 0 Å². The third-order valence-corrected chi connectivity index (χ3v) is 11.4. The van der Waals surface area contributed by atoms with Crippen molar-refractivity contribution < 1.29 is 24.1 Å². The van der Waals surface area contributed by atoms with Crippen LogP contribution in [0.25, 0.3) is 72.2 Å². The molecule has 5 heterocycles. The summed E-state index contributed by atoms with van der Waals surface area (Å²) in [6.07, 6.45) is 1.92. The van der Waals surface area contributed by atoms with Crippen LogP contribution >= 0.6 is 0 Å². The Labute approximate surface area is 299 Å². The van der Waals surface area contributed by atoms with Gasteiger partial charge in [-0.15, -0.1) is 0 Å². The molecule has 10 rings (SSSR count). The fourth-order valence-electron chi connectivity index (χ4n) is 7.80. The van der Waals surface area contributed by atoms with Gasteiger partial charge in [-0.3, -0.25) is 0 Å². The van der Waals surface area contributed by atoms with E-state index in [0.717, 1.165) is 49.1 Å². The van der Waals surface area contributed by atoms with Crippen molar-refractivity contribution in [1.82, 2.24) is 23.3 Å². The average molecular weight is 831 g/mol. The van der Waals surface area contributed by atoms with E-state index in [0.29, 0.717) is 0 Å². The number of hydrogen-bond acceptors (Lipinski definition) is 2. The summed E-state index contributed by atoms with van der Waals surface area (Å²) >= 11 is 2.46. The molecule has 0 unspecified atom stereocenters. The normalized spacial score (nSPS) is 12.5. The Kier molecular flexibility index (Phi) is 6.20.